The Hall–Kier alpha value is -3.23. The van der Waals surface area contributed by atoms with E-state index >= 15 is 0 Å². The van der Waals surface area contributed by atoms with Gasteiger partial charge in [0, 0.05) is 6.42 Å². The van der Waals surface area contributed by atoms with E-state index in [1.54, 1.807) is 24.3 Å². The van der Waals surface area contributed by atoms with Crippen LogP contribution in [0, 0.1) is 0 Å². The number of carboxylic acids is 1. The summed E-state index contributed by atoms with van der Waals surface area (Å²) in [7, 11) is 0. The Bertz CT molecular complexity index is 808. The Kier molecular flexibility index (Phi) is 6.27. The molecule has 2 aromatic carbocycles. The van der Waals surface area contributed by atoms with Crippen molar-refractivity contribution in [2.24, 2.45) is 0 Å². The van der Waals surface area contributed by atoms with Crippen LogP contribution in [0.25, 0.3) is 0 Å². The molecule has 3 N–H and O–H groups in total. The molecule has 0 bridgehead atoms. The first kappa shape index (κ1) is 20.1. The number of amides is 1. The Morgan fingerprint density at radius 1 is 1.07 bits per heavy atom. The predicted molar refractivity (Wildman–Crippen MR) is 88.2 cm³/mol. The SMILES string of the molecule is O=C(O)C(Cc1ccc(O)c(OCc2ccccc2)c1)NC(=O)C(F)(F)F. The van der Waals surface area contributed by atoms with Gasteiger partial charge in [-0.15, -0.1) is 0 Å². The number of phenolic OH excluding ortho intramolecular Hbond substituents is 1. The first-order chi connectivity index (χ1) is 12.7. The van der Waals surface area contributed by atoms with E-state index in [0.717, 1.165) is 5.56 Å². The molecule has 9 heteroatoms. The number of carbonyl (C=O) groups excluding carboxylic acids is 1. The number of hydrogen-bond donors (Lipinski definition) is 3. The van der Waals surface area contributed by atoms with Crippen molar-refractivity contribution in [2.45, 2.75) is 25.2 Å². The van der Waals surface area contributed by atoms with Gasteiger partial charge in [0.2, 0.25) is 0 Å². The Balaban J connectivity index is 2.10. The van der Waals surface area contributed by atoms with Crippen molar-refractivity contribution in [3.63, 3.8) is 0 Å². The van der Waals surface area contributed by atoms with Crippen molar-refractivity contribution < 1.29 is 37.7 Å². The Morgan fingerprint density at radius 3 is 2.33 bits per heavy atom. The molecule has 6 nitrogen and oxygen atoms in total. The molecule has 1 amide bonds. The summed E-state index contributed by atoms with van der Waals surface area (Å²) in [5, 5.41) is 20.3. The fraction of sp³-hybridized carbons (Fsp3) is 0.222. The van der Waals surface area contributed by atoms with Crippen molar-refractivity contribution in [1.29, 1.82) is 0 Å². The molecule has 2 aromatic rings. The van der Waals surface area contributed by atoms with E-state index in [1.807, 2.05) is 6.07 Å². The number of halogens is 3. The molecule has 2 rings (SSSR count). The van der Waals surface area contributed by atoms with E-state index < -0.39 is 30.5 Å². The number of ether oxygens (including phenoxy) is 1. The maximum atomic E-state index is 12.3. The summed E-state index contributed by atoms with van der Waals surface area (Å²) >= 11 is 0. The molecule has 0 aliphatic rings. The molecular formula is C18H16F3NO5. The minimum Gasteiger partial charge on any atom is -0.504 e. The van der Waals surface area contributed by atoms with Crippen molar-refractivity contribution in [3.05, 3.63) is 59.7 Å². The van der Waals surface area contributed by atoms with Crippen LogP contribution >= 0.6 is 0 Å². The highest BCUT2D eigenvalue weighted by atomic mass is 19.4. The van der Waals surface area contributed by atoms with Gasteiger partial charge in [-0.25, -0.2) is 4.79 Å². The first-order valence-electron chi connectivity index (χ1n) is 7.76. The molecule has 0 spiro atoms. The highest BCUT2D eigenvalue weighted by Gasteiger charge is 2.40. The molecule has 0 saturated heterocycles. The topological polar surface area (TPSA) is 95.9 Å². The van der Waals surface area contributed by atoms with Gasteiger partial charge in [0.05, 0.1) is 0 Å². The number of carboxylic acid groups (broad SMARTS) is 1. The average Bonchev–Trinajstić information content (AvgIpc) is 2.61. The monoisotopic (exact) mass is 383 g/mol. The van der Waals surface area contributed by atoms with Gasteiger partial charge in [0.25, 0.3) is 0 Å². The lowest BCUT2D eigenvalue weighted by Crippen LogP contribution is -2.47. The van der Waals surface area contributed by atoms with Gasteiger partial charge in [-0.05, 0) is 23.3 Å². The fourth-order valence-electron chi connectivity index (χ4n) is 2.21. The lowest BCUT2D eigenvalue weighted by molar-refractivity contribution is -0.175. The van der Waals surface area contributed by atoms with Gasteiger partial charge in [-0.3, -0.25) is 4.79 Å². The van der Waals surface area contributed by atoms with Gasteiger partial charge in [0.15, 0.2) is 11.5 Å². The summed E-state index contributed by atoms with van der Waals surface area (Å²) < 4.78 is 42.5. The van der Waals surface area contributed by atoms with Gasteiger partial charge in [-0.2, -0.15) is 13.2 Å². The third-order valence-corrected chi connectivity index (χ3v) is 3.56. The second-order valence-corrected chi connectivity index (χ2v) is 5.64. The zero-order chi connectivity index (χ0) is 20.0. The number of nitrogens with one attached hydrogen (secondary N) is 1. The van der Waals surface area contributed by atoms with Gasteiger partial charge in [-0.1, -0.05) is 36.4 Å². The predicted octanol–water partition coefficient (Wildman–Crippen LogP) is 2.65. The van der Waals surface area contributed by atoms with Crippen LogP contribution in [0.2, 0.25) is 0 Å². The molecular weight excluding hydrogens is 367 g/mol. The number of aromatic hydroxyl groups is 1. The average molecular weight is 383 g/mol. The Labute approximate surface area is 152 Å². The van der Waals surface area contributed by atoms with Crippen molar-refractivity contribution in [3.8, 4) is 11.5 Å². The maximum absolute atomic E-state index is 12.3. The van der Waals surface area contributed by atoms with Crippen molar-refractivity contribution in [1.82, 2.24) is 5.32 Å². The molecule has 1 unspecified atom stereocenters. The second kappa shape index (κ2) is 8.43. The normalized spacial score (nSPS) is 12.3. The lowest BCUT2D eigenvalue weighted by atomic mass is 10.1. The summed E-state index contributed by atoms with van der Waals surface area (Å²) in [4.78, 5) is 22.2. The second-order valence-electron chi connectivity index (χ2n) is 5.64. The third kappa shape index (κ3) is 5.91. The summed E-state index contributed by atoms with van der Waals surface area (Å²) in [5.74, 6) is -4.12. The number of alkyl halides is 3. The van der Waals surface area contributed by atoms with Crippen LogP contribution in [0.5, 0.6) is 11.5 Å². The molecule has 27 heavy (non-hydrogen) atoms. The zero-order valence-electron chi connectivity index (χ0n) is 13.9. The van der Waals surface area contributed by atoms with Crippen LogP contribution < -0.4 is 10.1 Å². The molecule has 0 aliphatic carbocycles. The molecule has 0 aliphatic heterocycles. The number of carbonyl (C=O) groups is 2. The molecule has 0 saturated carbocycles. The van der Waals surface area contributed by atoms with Crippen LogP contribution in [-0.2, 0) is 22.6 Å². The largest absolute Gasteiger partial charge is 0.504 e. The van der Waals surface area contributed by atoms with E-state index in [1.165, 1.54) is 23.5 Å². The van der Waals surface area contributed by atoms with Crippen LogP contribution in [0.15, 0.2) is 48.5 Å². The zero-order valence-corrected chi connectivity index (χ0v) is 13.9. The first-order valence-corrected chi connectivity index (χ1v) is 7.76. The van der Waals surface area contributed by atoms with E-state index in [9.17, 15) is 27.9 Å². The van der Waals surface area contributed by atoms with Crippen molar-refractivity contribution in [2.75, 3.05) is 0 Å². The molecule has 1 atom stereocenters. The number of phenols is 1. The lowest BCUT2D eigenvalue weighted by Gasteiger charge is -2.16. The van der Waals surface area contributed by atoms with E-state index in [-0.39, 0.29) is 23.7 Å². The molecule has 0 fully saturated rings. The van der Waals surface area contributed by atoms with Crippen LogP contribution in [0.1, 0.15) is 11.1 Å². The minimum atomic E-state index is -5.19. The summed E-state index contributed by atoms with van der Waals surface area (Å²) in [6, 6.07) is 11.1. The van der Waals surface area contributed by atoms with E-state index in [0.29, 0.717) is 0 Å². The maximum Gasteiger partial charge on any atom is 0.471 e. The van der Waals surface area contributed by atoms with E-state index in [2.05, 4.69) is 0 Å². The van der Waals surface area contributed by atoms with Gasteiger partial charge >= 0.3 is 18.1 Å². The number of benzene rings is 2. The highest BCUT2D eigenvalue weighted by molar-refractivity contribution is 5.87. The molecule has 0 aromatic heterocycles. The van der Waals surface area contributed by atoms with Crippen molar-refractivity contribution >= 4 is 11.9 Å². The number of rotatable bonds is 7. The number of hydrogen-bond acceptors (Lipinski definition) is 4. The van der Waals surface area contributed by atoms with E-state index in [4.69, 9.17) is 9.84 Å². The van der Waals surface area contributed by atoms with Crippen LogP contribution in [-0.4, -0.2) is 34.3 Å². The number of aliphatic carboxylic acids is 1. The molecule has 0 radical (unpaired) electrons. The summed E-state index contributed by atoms with van der Waals surface area (Å²) in [5.41, 5.74) is 1.09. The third-order valence-electron chi connectivity index (χ3n) is 3.56. The highest BCUT2D eigenvalue weighted by Crippen LogP contribution is 2.28. The van der Waals surface area contributed by atoms with Gasteiger partial charge < -0.3 is 20.3 Å². The fourth-order valence-corrected chi connectivity index (χ4v) is 2.21. The minimum absolute atomic E-state index is 0.0441. The smallest absolute Gasteiger partial charge is 0.471 e. The van der Waals surface area contributed by atoms with Crippen LogP contribution in [0.4, 0.5) is 13.2 Å². The standard InChI is InChI=1S/C18H16F3NO5/c19-18(20,21)17(26)22-13(16(24)25)8-12-6-7-14(23)15(9-12)27-10-11-4-2-1-3-5-11/h1-7,9,13,23H,8,10H2,(H,22,26)(H,24,25). The van der Waals surface area contributed by atoms with Crippen LogP contribution in [0.3, 0.4) is 0 Å². The molecule has 0 heterocycles. The molecule has 144 valence electrons. The van der Waals surface area contributed by atoms with Gasteiger partial charge in [0.1, 0.15) is 12.6 Å². The quantitative estimate of drug-likeness (QED) is 0.683. The Morgan fingerprint density at radius 2 is 1.74 bits per heavy atom. The summed E-state index contributed by atoms with van der Waals surface area (Å²) in [6.45, 7) is 0.130. The summed E-state index contributed by atoms with van der Waals surface area (Å²) in [6.07, 6.45) is -5.61.